The zero-order valence-corrected chi connectivity index (χ0v) is 76.1. The lowest BCUT2D eigenvalue weighted by Gasteiger charge is -2.28. The van der Waals surface area contributed by atoms with E-state index in [9.17, 15) is 0 Å². The third-order valence-corrected chi connectivity index (χ3v) is 29.6. The number of anilines is 8. The summed E-state index contributed by atoms with van der Waals surface area (Å²) in [5.41, 5.74) is 40.3. The van der Waals surface area contributed by atoms with E-state index in [4.69, 9.17) is 0 Å². The van der Waals surface area contributed by atoms with Crippen molar-refractivity contribution in [1.82, 2.24) is 9.13 Å². The molecule has 0 amide bonds. The van der Waals surface area contributed by atoms with Crippen molar-refractivity contribution in [2.24, 2.45) is 0 Å². The molecule has 8 atom stereocenters. The standard InChI is InChI=1S/C48H36N2.C42H28N2.C42H32N2/c1-3-11-33(12-4-1)34-23-27-40(28-24-34)50-46-18-10-8-16-42(46)44-32-38(26-30-48(44)50)36-21-19-35(20-22-36)37-25-29-47-43(31-37)41-15-7-9-17-45(41)49(47)39-13-5-2-6-14-39;1-3-12-29(13-4-1)30-14-11-17-34(26-30)44-40-21-10-8-19-36(40)38-28-32(23-25-42(38)44)31-22-24-41-37(27-31)35-18-7-9-20-39(35)43(41)33-15-5-2-6-16-33;1-3-11-33(12-4-1)43-39-17-9-7-15-35(39)37-27-31(23-25-41(37)43)29-19-21-30(22-20-29)32-24-26-42-38(28-32)36-16-8-10-18-40(36)44(42)34-13-5-2-6-14-34/h1-32,41-42,45-46H;1-28H;1-28,35-36,39-40H. The smallest absolute Gasteiger partial charge is 0.0629 e. The Morgan fingerprint density at radius 2 is 0.362 bits per heavy atom. The first-order chi connectivity index (χ1) is 68.5. The molecule has 8 aliphatic rings. The predicted molar refractivity (Wildman–Crippen MR) is 580 cm³/mol. The van der Waals surface area contributed by atoms with Gasteiger partial charge in [0, 0.05) is 102 Å². The number of benzene rings is 18. The average molecular weight is 1770 g/mol. The number of hydrogen-bond donors (Lipinski definition) is 0. The number of para-hydroxylation sites is 6. The Kier molecular flexibility index (Phi) is 20.4. The van der Waals surface area contributed by atoms with Crippen LogP contribution in [0.3, 0.4) is 0 Å². The Bertz CT molecular complexity index is 8200. The van der Waals surface area contributed by atoms with Gasteiger partial charge in [0.05, 0.1) is 46.2 Å². The summed E-state index contributed by atoms with van der Waals surface area (Å²) in [5, 5.41) is 5.05. The summed E-state index contributed by atoms with van der Waals surface area (Å²) < 4.78 is 4.77. The van der Waals surface area contributed by atoms with Crippen LogP contribution in [-0.4, -0.2) is 33.3 Å². The van der Waals surface area contributed by atoms with Crippen molar-refractivity contribution >= 4 is 89.1 Å². The number of rotatable bonds is 13. The predicted octanol–water partition coefficient (Wildman–Crippen LogP) is 33.8. The van der Waals surface area contributed by atoms with E-state index in [1.807, 2.05) is 0 Å². The van der Waals surface area contributed by atoms with E-state index >= 15 is 0 Å². The normalized spacial score (nSPS) is 18.3. The van der Waals surface area contributed by atoms with Crippen LogP contribution in [-0.2, 0) is 0 Å². The summed E-state index contributed by atoms with van der Waals surface area (Å²) in [6.07, 6.45) is 36.3. The highest BCUT2D eigenvalue weighted by molar-refractivity contribution is 6.13. The highest BCUT2D eigenvalue weighted by atomic mass is 15.2. The van der Waals surface area contributed by atoms with E-state index in [1.54, 1.807) is 0 Å². The van der Waals surface area contributed by atoms with Gasteiger partial charge in [0.15, 0.2) is 0 Å². The quantitative estimate of drug-likeness (QED) is 0.115. The number of fused-ring (bicyclic) bond motifs is 18. The number of allylic oxidation sites excluding steroid dienone is 8. The Labute approximate surface area is 805 Å². The van der Waals surface area contributed by atoms with Crippen molar-refractivity contribution in [3.63, 3.8) is 0 Å². The minimum Gasteiger partial charge on any atom is -0.333 e. The minimum atomic E-state index is 0.266. The molecule has 0 saturated carbocycles. The van der Waals surface area contributed by atoms with Crippen molar-refractivity contribution in [2.75, 3.05) is 19.6 Å². The summed E-state index contributed by atoms with van der Waals surface area (Å²) in [6.45, 7) is 0. The molecule has 138 heavy (non-hydrogen) atoms. The van der Waals surface area contributed by atoms with Gasteiger partial charge in [-0.05, 0) is 258 Å². The fourth-order valence-electron chi connectivity index (χ4n) is 23.1. The van der Waals surface area contributed by atoms with E-state index in [2.05, 4.69) is 563 Å². The minimum absolute atomic E-state index is 0.266. The van der Waals surface area contributed by atoms with Crippen LogP contribution in [0.2, 0.25) is 0 Å². The summed E-state index contributed by atoms with van der Waals surface area (Å²) in [4.78, 5) is 9.97. The van der Waals surface area contributed by atoms with Crippen molar-refractivity contribution in [3.05, 3.63) is 556 Å². The molecule has 0 bridgehead atoms. The van der Waals surface area contributed by atoms with Crippen LogP contribution in [0, 0.1) is 0 Å². The third-order valence-electron chi connectivity index (χ3n) is 29.6. The summed E-state index contributed by atoms with van der Waals surface area (Å²) in [6, 6.07) is 161. The molecule has 0 spiro atoms. The van der Waals surface area contributed by atoms with Gasteiger partial charge in [-0.15, -0.1) is 0 Å². The van der Waals surface area contributed by atoms with Crippen molar-refractivity contribution < 1.29 is 0 Å². The average Bonchev–Trinajstić information content (AvgIpc) is 1.59. The first-order valence-corrected chi connectivity index (χ1v) is 48.4. The molecular weight excluding hydrogens is 1670 g/mol. The SMILES string of the molecule is C1=CC2c3cc(-c4ccc(-c5ccc6c(c5)C5C=CC=CC5N6c5ccc(-c6ccccc6)cc5)cc4)ccc3N(c3ccccc3)C2C=C1.C1=CC2c3cc(-c4ccc(-c5ccc6c(c5)C5C=CC=CC5N6c5ccccc5)cc4)ccc3N(c3ccccc3)C2C=C1.c1ccc(-c2cccc(-n3c4ccccc4c4cc(-c5ccc6c(c5)c5ccccc5n6-c5ccccc5)ccc43)c2)cc1. The van der Waals surface area contributed by atoms with Crippen LogP contribution in [0.4, 0.5) is 45.5 Å². The second kappa shape index (κ2) is 34.6. The molecule has 6 nitrogen and oxygen atoms in total. The topological polar surface area (TPSA) is 22.8 Å². The Morgan fingerprint density at radius 1 is 0.138 bits per heavy atom. The molecule has 6 heteroatoms. The lowest BCUT2D eigenvalue weighted by atomic mass is 9.89. The van der Waals surface area contributed by atoms with E-state index in [1.165, 1.54) is 201 Å². The maximum absolute atomic E-state index is 2.51. The van der Waals surface area contributed by atoms with E-state index in [0.717, 1.165) is 0 Å². The molecule has 20 aromatic rings. The Hall–Kier alpha value is -17.3. The van der Waals surface area contributed by atoms with Gasteiger partial charge < -0.3 is 28.7 Å². The van der Waals surface area contributed by atoms with Crippen molar-refractivity contribution in [1.29, 1.82) is 0 Å². The molecule has 0 saturated heterocycles. The maximum Gasteiger partial charge on any atom is 0.0629 e. The molecule has 6 heterocycles. The van der Waals surface area contributed by atoms with Crippen molar-refractivity contribution in [2.45, 2.75) is 47.8 Å². The van der Waals surface area contributed by atoms with Crippen LogP contribution < -0.4 is 19.6 Å². The lowest BCUT2D eigenvalue weighted by molar-refractivity contribution is 0.745. The van der Waals surface area contributed by atoms with Gasteiger partial charge in [0.2, 0.25) is 0 Å². The zero-order valence-electron chi connectivity index (χ0n) is 76.1. The molecule has 2 aromatic heterocycles. The van der Waals surface area contributed by atoms with Gasteiger partial charge in [-0.3, -0.25) is 0 Å². The number of nitrogens with zero attached hydrogens (tertiary/aromatic N) is 6. The second-order valence-electron chi connectivity index (χ2n) is 37.2. The van der Waals surface area contributed by atoms with E-state index < -0.39 is 0 Å². The van der Waals surface area contributed by atoms with Crippen LogP contribution in [0.5, 0.6) is 0 Å². The molecular formula is C132H96N6. The van der Waals surface area contributed by atoms with Gasteiger partial charge in [-0.1, -0.05) is 376 Å². The van der Waals surface area contributed by atoms with Gasteiger partial charge in [-0.2, -0.15) is 0 Å². The monoisotopic (exact) mass is 1760 g/mol. The van der Waals surface area contributed by atoms with Crippen LogP contribution >= 0.6 is 0 Å². The summed E-state index contributed by atoms with van der Waals surface area (Å²) >= 11 is 0. The highest BCUT2D eigenvalue weighted by Crippen LogP contribution is 2.55. The lowest BCUT2D eigenvalue weighted by Crippen LogP contribution is -2.28. The van der Waals surface area contributed by atoms with Crippen molar-refractivity contribution in [3.8, 4) is 89.3 Å². The summed E-state index contributed by atoms with van der Waals surface area (Å²) in [7, 11) is 0. The van der Waals surface area contributed by atoms with Gasteiger partial charge >= 0.3 is 0 Å². The fraction of sp³-hybridized carbons (Fsp3) is 0.0606. The summed E-state index contributed by atoms with van der Waals surface area (Å²) in [5.74, 6) is 1.36. The molecule has 4 aliphatic heterocycles. The fourth-order valence-corrected chi connectivity index (χ4v) is 23.1. The number of hydrogen-bond acceptors (Lipinski definition) is 4. The molecule has 0 fully saturated rings. The Morgan fingerprint density at radius 3 is 0.717 bits per heavy atom. The molecule has 28 rings (SSSR count). The van der Waals surface area contributed by atoms with Crippen LogP contribution in [0.25, 0.3) is 133 Å². The zero-order chi connectivity index (χ0) is 91.1. The van der Waals surface area contributed by atoms with E-state index in [0.29, 0.717) is 41.8 Å². The molecule has 4 aliphatic carbocycles. The number of aromatic nitrogens is 2. The first kappa shape index (κ1) is 81.4. The first-order valence-electron chi connectivity index (χ1n) is 48.4. The third kappa shape index (κ3) is 14.3. The van der Waals surface area contributed by atoms with Crippen LogP contribution in [0.1, 0.15) is 45.9 Å². The van der Waals surface area contributed by atoms with E-state index in [-0.39, 0.29) is 6.04 Å². The largest absolute Gasteiger partial charge is 0.333 e. The van der Waals surface area contributed by atoms with Gasteiger partial charge in [0.1, 0.15) is 0 Å². The molecule has 0 radical (unpaired) electrons. The molecule has 0 N–H and O–H groups in total. The van der Waals surface area contributed by atoms with Gasteiger partial charge in [0.25, 0.3) is 0 Å². The van der Waals surface area contributed by atoms with Crippen LogP contribution in [0.15, 0.2) is 534 Å². The highest BCUT2D eigenvalue weighted by Gasteiger charge is 2.42. The molecule has 18 aromatic carbocycles. The molecule has 654 valence electrons. The maximum atomic E-state index is 2.51. The second-order valence-corrected chi connectivity index (χ2v) is 37.2. The van der Waals surface area contributed by atoms with Gasteiger partial charge in [-0.25, -0.2) is 0 Å². The molecule has 8 unspecified atom stereocenters. The Balaban J connectivity index is 0.000000107.